The summed E-state index contributed by atoms with van der Waals surface area (Å²) in [7, 11) is 0. The molecule has 0 aliphatic rings. The zero-order valence-corrected chi connectivity index (χ0v) is 15.3. The molecule has 1 atom stereocenters. The van der Waals surface area contributed by atoms with Crippen molar-refractivity contribution in [1.82, 2.24) is 15.3 Å². The summed E-state index contributed by atoms with van der Waals surface area (Å²) in [4.78, 5) is 9.11. The Hall–Kier alpha value is -2.46. The maximum atomic E-state index is 5.83. The van der Waals surface area contributed by atoms with Crippen LogP contribution in [0.1, 0.15) is 45.0 Å². The van der Waals surface area contributed by atoms with Crippen LogP contribution >= 0.6 is 0 Å². The predicted molar refractivity (Wildman–Crippen MR) is 102 cm³/mol. The van der Waals surface area contributed by atoms with Crippen molar-refractivity contribution in [1.29, 1.82) is 0 Å². The van der Waals surface area contributed by atoms with E-state index in [9.17, 15) is 0 Å². The molecular formula is C21H25N3O. The highest BCUT2D eigenvalue weighted by Crippen LogP contribution is 2.19. The average Bonchev–Trinajstić information content (AvgIpc) is 2.58. The molecule has 1 N–H and O–H groups in total. The third kappa shape index (κ3) is 4.77. The van der Waals surface area contributed by atoms with E-state index < -0.39 is 0 Å². The summed E-state index contributed by atoms with van der Waals surface area (Å²) < 4.78 is 5.83. The van der Waals surface area contributed by atoms with Gasteiger partial charge in [0.1, 0.15) is 5.60 Å². The van der Waals surface area contributed by atoms with Crippen molar-refractivity contribution in [2.45, 2.75) is 45.9 Å². The monoisotopic (exact) mass is 335 g/mol. The number of benzene rings is 1. The fourth-order valence-corrected chi connectivity index (χ4v) is 2.63. The molecule has 0 aliphatic heterocycles. The third-order valence-corrected chi connectivity index (χ3v) is 3.89. The van der Waals surface area contributed by atoms with Crippen LogP contribution in [0.3, 0.4) is 0 Å². The first kappa shape index (κ1) is 17.4. The third-order valence-electron chi connectivity index (χ3n) is 3.89. The van der Waals surface area contributed by atoms with Crippen LogP contribution in [0.25, 0.3) is 10.9 Å². The molecule has 0 spiro atoms. The molecule has 25 heavy (non-hydrogen) atoms. The van der Waals surface area contributed by atoms with E-state index in [0.29, 0.717) is 12.4 Å². The van der Waals surface area contributed by atoms with Gasteiger partial charge in [-0.1, -0.05) is 24.3 Å². The summed E-state index contributed by atoms with van der Waals surface area (Å²) in [6.45, 7) is 8.88. The molecule has 0 saturated carbocycles. The zero-order valence-electron chi connectivity index (χ0n) is 15.3. The molecule has 1 unspecified atom stereocenters. The second kappa shape index (κ2) is 7.19. The summed E-state index contributed by atoms with van der Waals surface area (Å²) in [6.07, 6.45) is 1.94. The summed E-state index contributed by atoms with van der Waals surface area (Å²) in [5, 5.41) is 4.67. The minimum absolute atomic E-state index is 0.186. The number of aromatic nitrogens is 2. The molecule has 1 aromatic carbocycles. The predicted octanol–water partition coefficient (Wildman–Crippen LogP) is 4.66. The molecule has 3 aromatic rings. The molecule has 4 heteroatoms. The minimum atomic E-state index is -0.247. The van der Waals surface area contributed by atoms with Crippen molar-refractivity contribution in [2.24, 2.45) is 0 Å². The number of rotatable bonds is 5. The molecule has 4 nitrogen and oxygen atoms in total. The Kier molecular flexibility index (Phi) is 5.00. The van der Waals surface area contributed by atoms with Gasteiger partial charge in [0.2, 0.25) is 5.88 Å². The van der Waals surface area contributed by atoms with Gasteiger partial charge >= 0.3 is 0 Å². The van der Waals surface area contributed by atoms with Crippen LogP contribution in [0.2, 0.25) is 0 Å². The molecule has 2 heterocycles. The van der Waals surface area contributed by atoms with Crippen LogP contribution in [-0.4, -0.2) is 15.6 Å². The quantitative estimate of drug-likeness (QED) is 0.737. The molecule has 130 valence electrons. The Morgan fingerprint density at radius 3 is 2.68 bits per heavy atom. The van der Waals surface area contributed by atoms with Crippen LogP contribution in [0.5, 0.6) is 5.88 Å². The Morgan fingerprint density at radius 2 is 1.88 bits per heavy atom. The standard InChI is InChI=1S/C21H25N3O/c1-15(17-12-16-8-5-6-10-19(16)23-13-17)22-14-18-9-7-11-20(24-18)25-21(2,3)4/h5-13,15,22H,14H2,1-4H3. The molecule has 0 aliphatic carbocycles. The average molecular weight is 335 g/mol. The lowest BCUT2D eigenvalue weighted by atomic mass is 10.1. The topological polar surface area (TPSA) is 47.0 Å². The van der Waals surface area contributed by atoms with Gasteiger partial charge in [0, 0.05) is 30.2 Å². The van der Waals surface area contributed by atoms with Crippen molar-refractivity contribution >= 4 is 10.9 Å². The van der Waals surface area contributed by atoms with Crippen molar-refractivity contribution in [3.63, 3.8) is 0 Å². The number of pyridine rings is 2. The van der Waals surface area contributed by atoms with Crippen LogP contribution in [-0.2, 0) is 6.54 Å². The van der Waals surface area contributed by atoms with Crippen LogP contribution in [0.4, 0.5) is 0 Å². The van der Waals surface area contributed by atoms with E-state index in [1.54, 1.807) is 0 Å². The molecule has 0 fully saturated rings. The van der Waals surface area contributed by atoms with Gasteiger partial charge in [-0.15, -0.1) is 0 Å². The highest BCUT2D eigenvalue weighted by atomic mass is 16.5. The first-order valence-corrected chi connectivity index (χ1v) is 8.64. The minimum Gasteiger partial charge on any atom is -0.472 e. The number of ether oxygens (including phenoxy) is 1. The maximum absolute atomic E-state index is 5.83. The number of fused-ring (bicyclic) bond motifs is 1. The first-order valence-electron chi connectivity index (χ1n) is 8.64. The van der Waals surface area contributed by atoms with Gasteiger partial charge in [-0.3, -0.25) is 4.98 Å². The molecule has 0 amide bonds. The Labute approximate surface area is 149 Å². The van der Waals surface area contributed by atoms with E-state index in [-0.39, 0.29) is 11.6 Å². The lowest BCUT2D eigenvalue weighted by Gasteiger charge is -2.21. The highest BCUT2D eigenvalue weighted by Gasteiger charge is 2.13. The van der Waals surface area contributed by atoms with Crippen molar-refractivity contribution in [2.75, 3.05) is 0 Å². The molecular weight excluding hydrogens is 310 g/mol. The fourth-order valence-electron chi connectivity index (χ4n) is 2.63. The second-order valence-electron chi connectivity index (χ2n) is 7.25. The van der Waals surface area contributed by atoms with Gasteiger partial charge in [0.25, 0.3) is 0 Å². The normalized spacial score (nSPS) is 13.0. The Balaban J connectivity index is 1.67. The zero-order chi connectivity index (χ0) is 17.9. The van der Waals surface area contributed by atoms with E-state index in [2.05, 4.69) is 34.3 Å². The largest absolute Gasteiger partial charge is 0.472 e. The van der Waals surface area contributed by atoms with Gasteiger partial charge in [0.05, 0.1) is 11.2 Å². The Morgan fingerprint density at radius 1 is 1.08 bits per heavy atom. The highest BCUT2D eigenvalue weighted by molar-refractivity contribution is 5.78. The molecule has 0 saturated heterocycles. The van der Waals surface area contributed by atoms with E-state index >= 15 is 0 Å². The number of nitrogens with one attached hydrogen (secondary N) is 1. The lowest BCUT2D eigenvalue weighted by Crippen LogP contribution is -2.24. The van der Waals surface area contributed by atoms with Crippen molar-refractivity contribution in [3.8, 4) is 5.88 Å². The molecule has 2 aromatic heterocycles. The SMILES string of the molecule is CC(NCc1cccc(OC(C)(C)C)n1)c1cnc2ccccc2c1. The summed E-state index contributed by atoms with van der Waals surface area (Å²) in [5.41, 5.74) is 2.90. The second-order valence-corrected chi connectivity index (χ2v) is 7.25. The van der Waals surface area contributed by atoms with Crippen molar-refractivity contribution < 1.29 is 4.74 Å². The summed E-state index contributed by atoms with van der Waals surface area (Å²) >= 11 is 0. The van der Waals surface area contributed by atoms with Crippen LogP contribution in [0.15, 0.2) is 54.7 Å². The number of hydrogen-bond donors (Lipinski definition) is 1. The van der Waals surface area contributed by atoms with E-state index in [4.69, 9.17) is 4.74 Å². The first-order chi connectivity index (χ1) is 11.9. The molecule has 3 rings (SSSR count). The molecule has 0 radical (unpaired) electrons. The smallest absolute Gasteiger partial charge is 0.213 e. The van der Waals surface area contributed by atoms with Crippen LogP contribution < -0.4 is 10.1 Å². The number of hydrogen-bond acceptors (Lipinski definition) is 4. The van der Waals surface area contributed by atoms with Crippen LogP contribution in [0, 0.1) is 0 Å². The van der Waals surface area contributed by atoms with Gasteiger partial charge in [-0.05, 0) is 51.5 Å². The summed E-state index contributed by atoms with van der Waals surface area (Å²) in [6, 6.07) is 16.4. The fraction of sp³-hybridized carbons (Fsp3) is 0.333. The Bertz CT molecular complexity index is 855. The van der Waals surface area contributed by atoms with Gasteiger partial charge in [0.15, 0.2) is 0 Å². The number of para-hydroxylation sites is 1. The van der Waals surface area contributed by atoms with Gasteiger partial charge in [-0.2, -0.15) is 0 Å². The van der Waals surface area contributed by atoms with Crippen molar-refractivity contribution in [3.05, 3.63) is 66.0 Å². The molecule has 0 bridgehead atoms. The van der Waals surface area contributed by atoms with E-state index in [0.717, 1.165) is 16.6 Å². The maximum Gasteiger partial charge on any atom is 0.213 e. The lowest BCUT2D eigenvalue weighted by molar-refractivity contribution is 0.123. The summed E-state index contributed by atoms with van der Waals surface area (Å²) in [5.74, 6) is 0.659. The number of nitrogens with zero attached hydrogens (tertiary/aromatic N) is 2. The van der Waals surface area contributed by atoms with Gasteiger partial charge < -0.3 is 10.1 Å². The van der Waals surface area contributed by atoms with E-state index in [1.807, 2.05) is 63.4 Å². The van der Waals surface area contributed by atoms with E-state index in [1.165, 1.54) is 5.56 Å². The van der Waals surface area contributed by atoms with Gasteiger partial charge in [-0.25, -0.2) is 4.98 Å².